The molecule has 2 N–H and O–H groups in total. The lowest BCUT2D eigenvalue weighted by atomic mass is 10.3. The number of nitrogens with one attached hydrogen (secondary N) is 2. The Morgan fingerprint density at radius 3 is 2.50 bits per heavy atom. The van der Waals surface area contributed by atoms with Crippen molar-refractivity contribution < 1.29 is 19.1 Å². The maximum Gasteiger partial charge on any atom is 0.314 e. The Morgan fingerprint density at radius 2 is 1.80 bits per heavy atom. The van der Waals surface area contributed by atoms with Crippen molar-refractivity contribution in [1.29, 1.82) is 0 Å². The van der Waals surface area contributed by atoms with E-state index in [1.54, 1.807) is 0 Å². The minimum Gasteiger partial charge on any atom is -0.494 e. The van der Waals surface area contributed by atoms with Gasteiger partial charge in [0.2, 0.25) is 0 Å². The first-order valence-electron chi connectivity index (χ1n) is 6.48. The van der Waals surface area contributed by atoms with Crippen LogP contribution in [0.4, 0.5) is 4.79 Å². The van der Waals surface area contributed by atoms with Crippen molar-refractivity contribution in [2.24, 2.45) is 0 Å². The Labute approximate surface area is 118 Å². The Hall–Kier alpha value is -2.24. The molecule has 0 aliphatic carbocycles. The first kappa shape index (κ1) is 15.8. The summed E-state index contributed by atoms with van der Waals surface area (Å²) in [5, 5.41) is 5.24. The van der Waals surface area contributed by atoms with E-state index >= 15 is 0 Å². The monoisotopic (exact) mass is 280 g/mol. The fourth-order valence-corrected chi connectivity index (χ4v) is 1.42. The van der Waals surface area contributed by atoms with Crippen LogP contribution in [0.3, 0.4) is 0 Å². The molecule has 0 spiro atoms. The highest BCUT2D eigenvalue weighted by atomic mass is 16.5. The topological polar surface area (TPSA) is 76.7 Å². The molecule has 0 aliphatic rings. The van der Waals surface area contributed by atoms with E-state index in [1.165, 1.54) is 7.11 Å². The van der Waals surface area contributed by atoms with Gasteiger partial charge in [-0.05, 0) is 18.6 Å². The summed E-state index contributed by atoms with van der Waals surface area (Å²) >= 11 is 0. The Balaban J connectivity index is 1.98. The number of para-hydroxylation sites is 1. The first-order valence-corrected chi connectivity index (χ1v) is 6.48. The van der Waals surface area contributed by atoms with Crippen LogP contribution in [-0.2, 0) is 9.53 Å². The Bertz CT molecular complexity index is 409. The van der Waals surface area contributed by atoms with Crippen LogP contribution in [0.15, 0.2) is 30.3 Å². The molecule has 0 atom stereocenters. The van der Waals surface area contributed by atoms with Gasteiger partial charge < -0.3 is 20.1 Å². The summed E-state index contributed by atoms with van der Waals surface area (Å²) in [4.78, 5) is 22.1. The van der Waals surface area contributed by atoms with Gasteiger partial charge >= 0.3 is 12.0 Å². The van der Waals surface area contributed by atoms with Gasteiger partial charge in [0.25, 0.3) is 0 Å². The molecule has 0 unspecified atom stereocenters. The number of ether oxygens (including phenoxy) is 2. The second-order valence-electron chi connectivity index (χ2n) is 4.02. The quantitative estimate of drug-likeness (QED) is 0.556. The zero-order valence-corrected chi connectivity index (χ0v) is 11.6. The third-order valence-corrected chi connectivity index (χ3v) is 2.46. The predicted octanol–water partition coefficient (Wildman–Crippen LogP) is 1.32. The Morgan fingerprint density at radius 1 is 1.10 bits per heavy atom. The number of hydrogen-bond donors (Lipinski definition) is 2. The van der Waals surface area contributed by atoms with Crippen molar-refractivity contribution in [2.75, 3.05) is 26.8 Å². The van der Waals surface area contributed by atoms with E-state index in [-0.39, 0.29) is 25.0 Å². The number of benzene rings is 1. The molecule has 0 fully saturated rings. The van der Waals surface area contributed by atoms with Gasteiger partial charge in [-0.2, -0.15) is 0 Å². The second-order valence-corrected chi connectivity index (χ2v) is 4.02. The zero-order chi connectivity index (χ0) is 14.6. The van der Waals surface area contributed by atoms with Crippen molar-refractivity contribution in [3.05, 3.63) is 30.3 Å². The molecule has 0 saturated carbocycles. The highest BCUT2D eigenvalue weighted by Crippen LogP contribution is 2.07. The minimum atomic E-state index is -0.346. The lowest BCUT2D eigenvalue weighted by Crippen LogP contribution is -2.37. The van der Waals surface area contributed by atoms with Crippen molar-refractivity contribution in [1.82, 2.24) is 10.6 Å². The van der Waals surface area contributed by atoms with Gasteiger partial charge in [-0.1, -0.05) is 18.2 Å². The number of urea groups is 1. The minimum absolute atomic E-state index is 0.168. The van der Waals surface area contributed by atoms with E-state index in [4.69, 9.17) is 4.74 Å². The number of esters is 1. The molecular weight excluding hydrogens is 260 g/mol. The highest BCUT2D eigenvalue weighted by Gasteiger charge is 2.02. The van der Waals surface area contributed by atoms with Gasteiger partial charge in [-0.3, -0.25) is 4.79 Å². The standard InChI is InChI=1S/C14H20N2O4/c1-19-13(17)8-10-16-14(18)15-9-5-11-20-12-6-3-2-4-7-12/h2-4,6-7H,5,8-11H2,1H3,(H2,15,16,18). The number of hydrogen-bond acceptors (Lipinski definition) is 4. The van der Waals surface area contributed by atoms with Gasteiger partial charge in [0.1, 0.15) is 5.75 Å². The molecule has 0 saturated heterocycles. The van der Waals surface area contributed by atoms with Gasteiger partial charge in [-0.15, -0.1) is 0 Å². The van der Waals surface area contributed by atoms with E-state index in [0.29, 0.717) is 19.6 Å². The van der Waals surface area contributed by atoms with Gasteiger partial charge in [0.15, 0.2) is 0 Å². The van der Waals surface area contributed by atoms with E-state index in [1.807, 2.05) is 30.3 Å². The van der Waals surface area contributed by atoms with Crippen molar-refractivity contribution in [3.8, 4) is 5.75 Å². The van der Waals surface area contributed by atoms with Crippen LogP contribution in [-0.4, -0.2) is 38.8 Å². The molecule has 20 heavy (non-hydrogen) atoms. The molecule has 6 nitrogen and oxygen atoms in total. The number of methoxy groups -OCH3 is 1. The third kappa shape index (κ3) is 7.25. The fraction of sp³-hybridized carbons (Fsp3) is 0.429. The smallest absolute Gasteiger partial charge is 0.314 e. The fourth-order valence-electron chi connectivity index (χ4n) is 1.42. The molecular formula is C14H20N2O4. The normalized spacial score (nSPS) is 9.65. The van der Waals surface area contributed by atoms with E-state index in [2.05, 4.69) is 15.4 Å². The molecule has 1 rings (SSSR count). The van der Waals surface area contributed by atoms with Crippen LogP contribution in [0.25, 0.3) is 0 Å². The lowest BCUT2D eigenvalue weighted by molar-refractivity contribution is -0.140. The first-order chi connectivity index (χ1) is 9.72. The lowest BCUT2D eigenvalue weighted by Gasteiger charge is -2.08. The van der Waals surface area contributed by atoms with Crippen LogP contribution >= 0.6 is 0 Å². The molecule has 0 bridgehead atoms. The highest BCUT2D eigenvalue weighted by molar-refractivity contribution is 5.75. The van der Waals surface area contributed by atoms with Crippen LogP contribution in [0, 0.1) is 0 Å². The van der Waals surface area contributed by atoms with Gasteiger partial charge in [0.05, 0.1) is 20.1 Å². The summed E-state index contributed by atoms with van der Waals surface area (Å²) in [6.07, 6.45) is 0.875. The van der Waals surface area contributed by atoms with Crippen molar-refractivity contribution in [2.45, 2.75) is 12.8 Å². The van der Waals surface area contributed by atoms with Crippen LogP contribution in [0.1, 0.15) is 12.8 Å². The number of carbonyl (C=O) groups excluding carboxylic acids is 2. The molecule has 6 heteroatoms. The van der Waals surface area contributed by atoms with Crippen LogP contribution in [0.2, 0.25) is 0 Å². The molecule has 0 radical (unpaired) electrons. The second kappa shape index (κ2) is 9.66. The van der Waals surface area contributed by atoms with E-state index in [0.717, 1.165) is 5.75 Å². The Kier molecular flexibility index (Phi) is 7.64. The molecule has 1 aromatic rings. The molecule has 1 aromatic carbocycles. The third-order valence-electron chi connectivity index (χ3n) is 2.46. The summed E-state index contributed by atoms with van der Waals surface area (Å²) < 4.78 is 9.94. The maximum absolute atomic E-state index is 11.3. The maximum atomic E-state index is 11.3. The zero-order valence-electron chi connectivity index (χ0n) is 11.6. The molecule has 0 aliphatic heterocycles. The summed E-state index contributed by atoms with van der Waals surface area (Å²) in [7, 11) is 1.31. The summed E-state index contributed by atoms with van der Waals surface area (Å²) in [6.45, 7) is 1.31. The predicted molar refractivity (Wildman–Crippen MR) is 74.6 cm³/mol. The molecule has 0 aromatic heterocycles. The summed E-state index contributed by atoms with van der Waals surface area (Å²) in [5.41, 5.74) is 0. The SMILES string of the molecule is COC(=O)CCNC(=O)NCCCOc1ccccc1. The molecule has 110 valence electrons. The van der Waals surface area contributed by atoms with Crippen LogP contribution in [0.5, 0.6) is 5.75 Å². The number of rotatable bonds is 8. The van der Waals surface area contributed by atoms with Gasteiger partial charge in [-0.25, -0.2) is 4.79 Å². The number of amides is 2. The molecule has 0 heterocycles. The van der Waals surface area contributed by atoms with E-state index < -0.39 is 0 Å². The summed E-state index contributed by atoms with van der Waals surface area (Å²) in [5.74, 6) is 0.469. The average molecular weight is 280 g/mol. The van der Waals surface area contributed by atoms with Gasteiger partial charge in [0, 0.05) is 13.1 Å². The van der Waals surface area contributed by atoms with Crippen molar-refractivity contribution in [3.63, 3.8) is 0 Å². The molecule has 2 amide bonds. The van der Waals surface area contributed by atoms with E-state index in [9.17, 15) is 9.59 Å². The largest absolute Gasteiger partial charge is 0.494 e. The average Bonchev–Trinajstić information content (AvgIpc) is 2.47. The summed E-state index contributed by atoms with van der Waals surface area (Å²) in [6, 6.07) is 9.20. The van der Waals surface area contributed by atoms with Crippen LogP contribution < -0.4 is 15.4 Å². The van der Waals surface area contributed by atoms with Crippen molar-refractivity contribution >= 4 is 12.0 Å². The number of carbonyl (C=O) groups is 2.